The number of hydrogen-bond donors (Lipinski definition) is 2. The van der Waals surface area contributed by atoms with Crippen LogP contribution in [-0.4, -0.2) is 61.1 Å². The minimum atomic E-state index is 0.00772. The van der Waals surface area contributed by atoms with Gasteiger partial charge >= 0.3 is 0 Å². The van der Waals surface area contributed by atoms with Crippen LogP contribution in [0.1, 0.15) is 55.3 Å². The fraction of sp³-hybridized carbons (Fsp3) is 0.714. The molecule has 0 radical (unpaired) electrons. The molecule has 1 aromatic rings. The standard InChI is InChI=1S/C21H31N3O3S/c25-20(23-17-5-8-27-9-6-17)11-18-3-4-19(24(18)13-15-1-2-15)12-22-21(26)16-7-10-28-14-16/h7,10,14-15,17-19H,1-6,8-9,11-13H2,(H,22,26)(H,23,25)/t18-,19+/m1/s1. The number of nitrogens with zero attached hydrogens (tertiary/aromatic N) is 1. The molecule has 2 atom stereocenters. The Morgan fingerprint density at radius 1 is 1.11 bits per heavy atom. The molecule has 1 aromatic heterocycles. The molecular formula is C21H31N3O3S. The summed E-state index contributed by atoms with van der Waals surface area (Å²) in [5.74, 6) is 0.947. The summed E-state index contributed by atoms with van der Waals surface area (Å²) in [5.41, 5.74) is 0.740. The number of hydrogen-bond acceptors (Lipinski definition) is 5. The molecule has 2 aliphatic heterocycles. The second kappa shape index (κ2) is 9.37. The first-order valence-electron chi connectivity index (χ1n) is 10.6. The van der Waals surface area contributed by atoms with E-state index in [2.05, 4.69) is 15.5 Å². The zero-order valence-electron chi connectivity index (χ0n) is 16.4. The van der Waals surface area contributed by atoms with Gasteiger partial charge in [0.15, 0.2) is 0 Å². The number of carbonyl (C=O) groups is 2. The van der Waals surface area contributed by atoms with E-state index < -0.39 is 0 Å². The molecule has 0 bridgehead atoms. The number of rotatable bonds is 8. The van der Waals surface area contributed by atoms with Crippen molar-refractivity contribution < 1.29 is 14.3 Å². The van der Waals surface area contributed by atoms with Crippen LogP contribution in [0, 0.1) is 5.92 Å². The summed E-state index contributed by atoms with van der Waals surface area (Å²) in [6, 6.07) is 2.76. The molecule has 28 heavy (non-hydrogen) atoms. The van der Waals surface area contributed by atoms with Crippen LogP contribution in [0.2, 0.25) is 0 Å². The van der Waals surface area contributed by atoms with Crippen molar-refractivity contribution in [2.24, 2.45) is 5.92 Å². The molecule has 3 heterocycles. The SMILES string of the molecule is O=C(C[C@H]1CC[C@@H](CNC(=O)c2ccsc2)N1CC1CC1)NC1CCOCC1. The Morgan fingerprint density at radius 3 is 2.61 bits per heavy atom. The summed E-state index contributed by atoms with van der Waals surface area (Å²) < 4.78 is 5.38. The van der Waals surface area contributed by atoms with Crippen molar-refractivity contribution in [2.75, 3.05) is 26.3 Å². The predicted molar refractivity (Wildman–Crippen MR) is 109 cm³/mol. The van der Waals surface area contributed by atoms with Gasteiger partial charge in [0.2, 0.25) is 5.91 Å². The van der Waals surface area contributed by atoms with Gasteiger partial charge in [0.25, 0.3) is 5.91 Å². The van der Waals surface area contributed by atoms with Crippen LogP contribution in [0.3, 0.4) is 0 Å². The number of carbonyl (C=O) groups excluding carboxylic acids is 2. The average molecular weight is 406 g/mol. The van der Waals surface area contributed by atoms with Gasteiger partial charge in [-0.2, -0.15) is 11.3 Å². The fourth-order valence-electron chi connectivity index (χ4n) is 4.40. The molecule has 2 N–H and O–H groups in total. The van der Waals surface area contributed by atoms with Crippen molar-refractivity contribution in [2.45, 2.75) is 63.1 Å². The molecule has 2 amide bonds. The number of thiophene rings is 1. The number of ether oxygens (including phenoxy) is 1. The summed E-state index contributed by atoms with van der Waals surface area (Å²) >= 11 is 1.54. The van der Waals surface area contributed by atoms with E-state index in [0.717, 1.165) is 56.9 Å². The molecule has 1 aliphatic carbocycles. The maximum Gasteiger partial charge on any atom is 0.252 e. The Hall–Kier alpha value is -1.44. The topological polar surface area (TPSA) is 70.7 Å². The lowest BCUT2D eigenvalue weighted by atomic mass is 10.1. The van der Waals surface area contributed by atoms with Crippen LogP contribution in [0.25, 0.3) is 0 Å². The molecule has 0 unspecified atom stereocenters. The molecule has 0 aromatic carbocycles. The lowest BCUT2D eigenvalue weighted by Crippen LogP contribution is -2.46. The van der Waals surface area contributed by atoms with Crippen LogP contribution in [0.4, 0.5) is 0 Å². The van der Waals surface area contributed by atoms with Crippen molar-refractivity contribution >= 4 is 23.2 Å². The summed E-state index contributed by atoms with van der Waals surface area (Å²) in [5, 5.41) is 10.1. The van der Waals surface area contributed by atoms with Crippen LogP contribution >= 0.6 is 11.3 Å². The normalized spacial score (nSPS) is 26.3. The highest BCUT2D eigenvalue weighted by molar-refractivity contribution is 7.08. The highest BCUT2D eigenvalue weighted by Crippen LogP contribution is 2.35. The van der Waals surface area contributed by atoms with E-state index in [-0.39, 0.29) is 17.9 Å². The summed E-state index contributed by atoms with van der Waals surface area (Å²) in [4.78, 5) is 27.4. The molecule has 1 saturated carbocycles. The largest absolute Gasteiger partial charge is 0.381 e. The van der Waals surface area contributed by atoms with Crippen molar-refractivity contribution in [1.82, 2.24) is 15.5 Å². The first-order chi connectivity index (χ1) is 13.7. The smallest absolute Gasteiger partial charge is 0.252 e. The van der Waals surface area contributed by atoms with E-state index in [1.165, 1.54) is 12.8 Å². The Labute approximate surface area is 171 Å². The van der Waals surface area contributed by atoms with Gasteiger partial charge < -0.3 is 15.4 Å². The van der Waals surface area contributed by atoms with Gasteiger partial charge in [-0.3, -0.25) is 14.5 Å². The van der Waals surface area contributed by atoms with E-state index in [4.69, 9.17) is 4.74 Å². The van der Waals surface area contributed by atoms with Crippen LogP contribution in [0.5, 0.6) is 0 Å². The third kappa shape index (κ3) is 5.33. The summed E-state index contributed by atoms with van der Waals surface area (Å²) in [7, 11) is 0. The molecule has 4 rings (SSSR count). The van der Waals surface area contributed by atoms with Crippen LogP contribution in [0.15, 0.2) is 16.8 Å². The second-order valence-corrected chi connectivity index (χ2v) is 9.19. The summed E-state index contributed by atoms with van der Waals surface area (Å²) in [6.45, 7) is 3.22. The Morgan fingerprint density at radius 2 is 1.89 bits per heavy atom. The maximum absolute atomic E-state index is 12.6. The number of nitrogens with one attached hydrogen (secondary N) is 2. The molecule has 2 saturated heterocycles. The average Bonchev–Trinajstić information content (AvgIpc) is 3.20. The maximum atomic E-state index is 12.6. The quantitative estimate of drug-likeness (QED) is 0.697. The van der Waals surface area contributed by atoms with Gasteiger partial charge in [0.05, 0.1) is 0 Å². The van der Waals surface area contributed by atoms with E-state index in [1.807, 2.05) is 16.8 Å². The van der Waals surface area contributed by atoms with Gasteiger partial charge in [-0.25, -0.2) is 0 Å². The Kier molecular flexibility index (Phi) is 6.65. The molecule has 3 fully saturated rings. The van der Waals surface area contributed by atoms with Gasteiger partial charge in [0.1, 0.15) is 0 Å². The van der Waals surface area contributed by atoms with Crippen LogP contribution in [-0.2, 0) is 9.53 Å². The van der Waals surface area contributed by atoms with E-state index >= 15 is 0 Å². The molecular weight excluding hydrogens is 374 g/mol. The van der Waals surface area contributed by atoms with Gasteiger partial charge in [-0.05, 0) is 55.9 Å². The van der Waals surface area contributed by atoms with Gasteiger partial charge in [0, 0.05) is 61.8 Å². The van der Waals surface area contributed by atoms with Crippen molar-refractivity contribution in [1.29, 1.82) is 0 Å². The van der Waals surface area contributed by atoms with Crippen molar-refractivity contribution in [3.63, 3.8) is 0 Å². The van der Waals surface area contributed by atoms with Gasteiger partial charge in [-0.15, -0.1) is 0 Å². The van der Waals surface area contributed by atoms with Crippen LogP contribution < -0.4 is 10.6 Å². The zero-order valence-corrected chi connectivity index (χ0v) is 17.2. The third-order valence-electron chi connectivity index (χ3n) is 6.23. The Balaban J connectivity index is 1.29. The van der Waals surface area contributed by atoms with Crippen molar-refractivity contribution in [3.05, 3.63) is 22.4 Å². The molecule has 0 spiro atoms. The lowest BCUT2D eigenvalue weighted by Gasteiger charge is -2.31. The zero-order chi connectivity index (χ0) is 19.3. The highest BCUT2D eigenvalue weighted by atomic mass is 32.1. The first-order valence-corrected chi connectivity index (χ1v) is 11.6. The van der Waals surface area contributed by atoms with Gasteiger partial charge in [-0.1, -0.05) is 0 Å². The third-order valence-corrected chi connectivity index (χ3v) is 6.91. The number of amides is 2. The van der Waals surface area contributed by atoms with E-state index in [9.17, 15) is 9.59 Å². The lowest BCUT2D eigenvalue weighted by molar-refractivity contribution is -0.123. The first kappa shape index (κ1) is 19.9. The summed E-state index contributed by atoms with van der Waals surface area (Å²) in [6.07, 6.45) is 7.08. The van der Waals surface area contributed by atoms with E-state index in [0.29, 0.717) is 25.0 Å². The second-order valence-electron chi connectivity index (χ2n) is 8.41. The number of likely N-dealkylation sites (tertiary alicyclic amines) is 1. The minimum Gasteiger partial charge on any atom is -0.381 e. The molecule has 3 aliphatic rings. The highest BCUT2D eigenvalue weighted by Gasteiger charge is 2.38. The monoisotopic (exact) mass is 405 g/mol. The fourth-order valence-corrected chi connectivity index (χ4v) is 5.03. The molecule has 154 valence electrons. The van der Waals surface area contributed by atoms with Crippen molar-refractivity contribution in [3.8, 4) is 0 Å². The molecule has 6 nitrogen and oxygen atoms in total. The Bertz CT molecular complexity index is 656. The predicted octanol–water partition coefficient (Wildman–Crippen LogP) is 2.41. The van der Waals surface area contributed by atoms with E-state index in [1.54, 1.807) is 11.3 Å². The molecule has 7 heteroatoms. The minimum absolute atomic E-state index is 0.00772.